The minimum Gasteiger partial charge on any atom is -0.273 e. The molecule has 2 aromatic carbocycles. The molecule has 2 N–H and O–H groups in total. The van der Waals surface area contributed by atoms with Crippen LogP contribution in [0.1, 0.15) is 17.5 Å². The van der Waals surface area contributed by atoms with Crippen LogP contribution in [0.4, 0.5) is 0 Å². The molecular weight excluding hydrogens is 496 g/mol. The largest absolute Gasteiger partial charge is 0.273 e. The Bertz CT molecular complexity index is 1220. The zero-order chi connectivity index (χ0) is 26.2. The highest BCUT2D eigenvalue weighted by Gasteiger charge is 2.19. The number of hydrogen-bond acceptors (Lipinski definition) is 6. The third-order valence-corrected chi connectivity index (χ3v) is 5.12. The van der Waals surface area contributed by atoms with Gasteiger partial charge in [-0.2, -0.15) is 0 Å². The van der Waals surface area contributed by atoms with Gasteiger partial charge in [0.1, 0.15) is 6.42 Å². The lowest BCUT2D eigenvalue weighted by atomic mass is 10.2. The topological polar surface area (TPSA) is 158 Å². The minimum atomic E-state index is -3.80. The highest BCUT2D eigenvalue weighted by molar-refractivity contribution is 7.89. The average molecular weight is 523 g/mol. The number of amidine groups is 2. The summed E-state index contributed by atoms with van der Waals surface area (Å²) >= 11 is 0. The predicted molar refractivity (Wildman–Crippen MR) is 132 cm³/mol. The molecule has 0 radical (unpaired) electrons. The molecule has 0 aromatic heterocycles. The number of nitrogens with one attached hydrogen (secondary N) is 2. The van der Waals surface area contributed by atoms with Gasteiger partial charge in [-0.05, 0) is 0 Å². The van der Waals surface area contributed by atoms with Gasteiger partial charge in [-0.15, -0.1) is 8.80 Å². The second kappa shape index (κ2) is 11.6. The zero-order valence-corrected chi connectivity index (χ0v) is 21.2. The highest BCUT2D eigenvalue weighted by atomic mass is 32.2. The summed E-state index contributed by atoms with van der Waals surface area (Å²) in [4.78, 5) is 24.9. The molecule has 0 fully saturated rings. The maximum Gasteiger partial charge on any atom is 0.252 e. The Labute approximate surface area is 204 Å². The normalized spacial score (nSPS) is 12.6. The van der Waals surface area contributed by atoms with Gasteiger partial charge in [0, 0.05) is 25.2 Å². The van der Waals surface area contributed by atoms with Crippen molar-refractivity contribution >= 4 is 43.5 Å². The third kappa shape index (κ3) is 9.54. The van der Waals surface area contributed by atoms with Gasteiger partial charge in [0.15, 0.2) is 11.7 Å². The molecule has 14 heteroatoms. The van der Waals surface area contributed by atoms with Crippen LogP contribution in [0.25, 0.3) is 0 Å². The van der Waals surface area contributed by atoms with E-state index in [4.69, 9.17) is 0 Å². The molecule has 2 aromatic rings. The molecule has 0 atom stereocenters. The van der Waals surface area contributed by atoms with Gasteiger partial charge < -0.3 is 0 Å². The van der Waals surface area contributed by atoms with E-state index in [2.05, 4.69) is 19.6 Å². The van der Waals surface area contributed by atoms with E-state index in [0.29, 0.717) is 11.1 Å². The summed E-state index contributed by atoms with van der Waals surface area (Å²) in [6.45, 7) is 0. The molecule has 2 rings (SSSR count). The molecule has 188 valence electrons. The lowest BCUT2D eigenvalue weighted by Crippen LogP contribution is -2.48. The quantitative estimate of drug-likeness (QED) is 0.234. The zero-order valence-electron chi connectivity index (χ0n) is 19.5. The molecule has 12 nitrogen and oxygen atoms in total. The molecule has 0 bridgehead atoms. The fourth-order valence-corrected chi connectivity index (χ4v) is 3.89. The summed E-state index contributed by atoms with van der Waals surface area (Å²) in [5.41, 5.74) is 5.65. The van der Waals surface area contributed by atoms with Crippen LogP contribution in [0.3, 0.4) is 0 Å². The molecule has 2 amide bonds. The van der Waals surface area contributed by atoms with E-state index in [1.807, 2.05) is 0 Å². The van der Waals surface area contributed by atoms with Gasteiger partial charge in [-0.3, -0.25) is 30.5 Å². The van der Waals surface area contributed by atoms with Gasteiger partial charge >= 0.3 is 0 Å². The first-order valence-electron chi connectivity index (χ1n) is 10.0. The molecule has 0 spiro atoms. The van der Waals surface area contributed by atoms with Gasteiger partial charge in [-0.25, -0.2) is 16.8 Å². The molecule has 0 heterocycles. The summed E-state index contributed by atoms with van der Waals surface area (Å²) in [5.74, 6) is -1.63. The number of hydrogen-bond donors (Lipinski definition) is 2. The van der Waals surface area contributed by atoms with Gasteiger partial charge in [0.25, 0.3) is 20.0 Å². The molecule has 0 aliphatic rings. The third-order valence-electron chi connectivity index (χ3n) is 4.11. The molecule has 0 aliphatic heterocycles. The van der Waals surface area contributed by atoms with Crippen LogP contribution in [0.15, 0.2) is 69.5 Å². The van der Waals surface area contributed by atoms with Crippen molar-refractivity contribution in [2.75, 3.05) is 26.6 Å². The van der Waals surface area contributed by atoms with Crippen molar-refractivity contribution in [3.63, 3.8) is 0 Å². The Kier molecular flexibility index (Phi) is 9.08. The van der Waals surface area contributed by atoms with E-state index in [9.17, 15) is 26.4 Å². The maximum atomic E-state index is 12.5. The fourth-order valence-electron chi connectivity index (χ4n) is 2.81. The summed E-state index contributed by atoms with van der Waals surface area (Å²) in [5, 5.41) is 2.19. The van der Waals surface area contributed by atoms with Crippen molar-refractivity contribution in [3.05, 3.63) is 71.8 Å². The summed E-state index contributed by atoms with van der Waals surface area (Å²) < 4.78 is 54.3. The molecule has 35 heavy (non-hydrogen) atoms. The lowest BCUT2D eigenvalue weighted by Gasteiger charge is -2.23. The van der Waals surface area contributed by atoms with Gasteiger partial charge in [0.2, 0.25) is 11.8 Å². The van der Waals surface area contributed by atoms with Crippen LogP contribution >= 0.6 is 0 Å². The SMILES string of the molecule is CN(NC(=O)CC(=O)NN(C)/C(=N/S(C)(=O)=O)c1ccccc1)/C(=N/S(C)(=O)=O)c1ccccc1. The second-order valence-corrected chi connectivity index (χ2v) is 10.7. The van der Waals surface area contributed by atoms with Crippen LogP contribution in [0.2, 0.25) is 0 Å². The van der Waals surface area contributed by atoms with Crippen LogP contribution < -0.4 is 10.9 Å². The molecule has 0 saturated carbocycles. The number of sulfonamides is 2. The average Bonchev–Trinajstić information content (AvgIpc) is 2.75. The molecule has 0 unspecified atom stereocenters. The molecular formula is C21H26N6O6S2. The number of nitrogens with zero attached hydrogens (tertiary/aromatic N) is 4. The smallest absolute Gasteiger partial charge is 0.252 e. The van der Waals surface area contributed by atoms with Gasteiger partial charge in [0.05, 0.1) is 12.5 Å². The lowest BCUT2D eigenvalue weighted by molar-refractivity contribution is -0.132. The fraction of sp³-hybridized carbons (Fsp3) is 0.238. The summed E-state index contributed by atoms with van der Waals surface area (Å²) in [6, 6.07) is 16.6. The second-order valence-electron chi connectivity index (χ2n) is 7.39. The van der Waals surface area contributed by atoms with E-state index in [-0.39, 0.29) is 11.7 Å². The van der Waals surface area contributed by atoms with Crippen molar-refractivity contribution in [2.24, 2.45) is 8.80 Å². The minimum absolute atomic E-state index is 0.0503. The Morgan fingerprint density at radius 1 is 0.686 bits per heavy atom. The van der Waals surface area contributed by atoms with Crippen LogP contribution in [0, 0.1) is 0 Å². The first-order chi connectivity index (χ1) is 16.2. The molecule has 0 saturated heterocycles. The Balaban J connectivity index is 2.13. The highest BCUT2D eigenvalue weighted by Crippen LogP contribution is 2.07. The Hall–Kier alpha value is -3.78. The maximum absolute atomic E-state index is 12.5. The summed E-state index contributed by atoms with van der Waals surface area (Å²) in [6.07, 6.45) is 1.17. The van der Waals surface area contributed by atoms with Crippen molar-refractivity contribution in [2.45, 2.75) is 6.42 Å². The van der Waals surface area contributed by atoms with Crippen molar-refractivity contribution in [1.82, 2.24) is 20.9 Å². The van der Waals surface area contributed by atoms with E-state index in [0.717, 1.165) is 22.5 Å². The Morgan fingerprint density at radius 2 is 1.00 bits per heavy atom. The van der Waals surface area contributed by atoms with E-state index in [1.165, 1.54) is 14.1 Å². The van der Waals surface area contributed by atoms with Crippen LogP contribution in [-0.4, -0.2) is 76.9 Å². The summed E-state index contributed by atoms with van der Waals surface area (Å²) in [7, 11) is -4.83. The molecule has 0 aliphatic carbocycles. The first-order valence-corrected chi connectivity index (χ1v) is 13.7. The number of carbonyl (C=O) groups excluding carboxylic acids is 2. The number of benzene rings is 2. The monoisotopic (exact) mass is 522 g/mol. The van der Waals surface area contributed by atoms with Crippen molar-refractivity contribution in [1.29, 1.82) is 0 Å². The van der Waals surface area contributed by atoms with Crippen molar-refractivity contribution < 1.29 is 26.4 Å². The number of carbonyl (C=O) groups is 2. The van der Waals surface area contributed by atoms with Crippen LogP contribution in [-0.2, 0) is 29.6 Å². The van der Waals surface area contributed by atoms with E-state index < -0.39 is 38.3 Å². The predicted octanol–water partition coefficient (Wildman–Crippen LogP) is 0.115. The van der Waals surface area contributed by atoms with E-state index >= 15 is 0 Å². The number of rotatable bonds is 6. The standard InChI is InChI=1S/C21H26N6O6S2/c1-26(20(24-34(3,30)31)16-11-7-5-8-12-16)22-18(28)15-19(29)23-27(2)21(25-35(4,32)33)17-13-9-6-10-14-17/h5-14H,15H2,1-4H3,(H,22,28)(H,23,29)/b24-20+,25-21+. The first kappa shape index (κ1) is 27.5. The number of amides is 2. The number of hydrazine groups is 2. The van der Waals surface area contributed by atoms with Gasteiger partial charge in [-0.1, -0.05) is 60.7 Å². The van der Waals surface area contributed by atoms with Crippen molar-refractivity contribution in [3.8, 4) is 0 Å². The Morgan fingerprint density at radius 3 is 1.29 bits per heavy atom. The van der Waals surface area contributed by atoms with Crippen LogP contribution in [0.5, 0.6) is 0 Å². The van der Waals surface area contributed by atoms with E-state index in [1.54, 1.807) is 60.7 Å².